The van der Waals surface area contributed by atoms with Crippen molar-refractivity contribution in [2.24, 2.45) is 5.92 Å². The molecular weight excluding hydrogens is 608 g/mol. The molecule has 1 aliphatic rings. The van der Waals surface area contributed by atoms with Crippen LogP contribution in [0.4, 0.5) is 0 Å². The average Bonchev–Trinajstić information content (AvgIpc) is 3.51. The van der Waals surface area contributed by atoms with Crippen LogP contribution in [0.3, 0.4) is 0 Å². The van der Waals surface area contributed by atoms with Gasteiger partial charge in [0.1, 0.15) is 0 Å². The summed E-state index contributed by atoms with van der Waals surface area (Å²) in [6.07, 6.45) is 2.47. The van der Waals surface area contributed by atoms with Gasteiger partial charge in [0, 0.05) is 44.1 Å². The molecule has 0 aliphatic carbocycles. The lowest BCUT2D eigenvalue weighted by Crippen LogP contribution is -2.39. The van der Waals surface area contributed by atoms with Crippen LogP contribution in [0.15, 0.2) is 66.7 Å². The summed E-state index contributed by atoms with van der Waals surface area (Å²) in [5, 5.41) is 0. The number of benzene rings is 3. The molecule has 4 aromatic rings. The van der Waals surface area contributed by atoms with Crippen LogP contribution in [-0.2, 0) is 11.3 Å². The molecule has 0 N–H and O–H groups in total. The zero-order valence-corrected chi connectivity index (χ0v) is 28.8. The maximum absolute atomic E-state index is 13.8. The predicted octanol–water partition coefficient (Wildman–Crippen LogP) is 5.94. The summed E-state index contributed by atoms with van der Waals surface area (Å²) >= 11 is 0. The van der Waals surface area contributed by atoms with Crippen molar-refractivity contribution in [2.75, 3.05) is 67.8 Å². The number of amides is 1. The van der Waals surface area contributed by atoms with Crippen LogP contribution in [0.25, 0.3) is 11.0 Å². The largest absolute Gasteiger partial charge is 0.493 e. The normalized spacial score (nSPS) is 14.5. The van der Waals surface area contributed by atoms with Crippen LogP contribution in [0.1, 0.15) is 58.6 Å². The topological polar surface area (TPSA) is 95.4 Å². The van der Waals surface area contributed by atoms with Crippen LogP contribution >= 0.6 is 0 Å². The first-order valence-electron chi connectivity index (χ1n) is 16.8. The number of fused-ring (bicyclic) bond motifs is 1. The van der Waals surface area contributed by atoms with Crippen molar-refractivity contribution in [1.82, 2.24) is 19.4 Å². The highest BCUT2D eigenvalue weighted by molar-refractivity contribution is 5.98. The summed E-state index contributed by atoms with van der Waals surface area (Å²) in [6, 6.07) is 21.7. The maximum Gasteiger partial charge on any atom is 0.253 e. The van der Waals surface area contributed by atoms with Gasteiger partial charge < -0.3 is 33.3 Å². The summed E-state index contributed by atoms with van der Waals surface area (Å²) in [4.78, 5) is 36.4. The van der Waals surface area contributed by atoms with Gasteiger partial charge in [-0.15, -0.1) is 0 Å². The molecule has 0 radical (unpaired) electrons. The van der Waals surface area contributed by atoms with Crippen molar-refractivity contribution in [3.63, 3.8) is 0 Å². The number of ether oxygens (including phenoxy) is 4. The number of para-hydroxylation sites is 2. The average molecular weight is 657 g/mol. The Kier molecular flexibility index (Phi) is 12.1. The van der Waals surface area contributed by atoms with E-state index in [2.05, 4.69) is 17.0 Å². The Hall–Kier alpha value is -4.41. The first-order valence-corrected chi connectivity index (χ1v) is 16.8. The summed E-state index contributed by atoms with van der Waals surface area (Å²) in [6.45, 7) is 6.87. The van der Waals surface area contributed by atoms with E-state index >= 15 is 0 Å². The van der Waals surface area contributed by atoms with E-state index < -0.39 is 0 Å². The fourth-order valence-corrected chi connectivity index (χ4v) is 6.66. The first-order chi connectivity index (χ1) is 23.4. The minimum atomic E-state index is -0.123. The minimum absolute atomic E-state index is 0.0592. The van der Waals surface area contributed by atoms with Crippen molar-refractivity contribution in [3.8, 4) is 17.2 Å². The number of ketones is 1. The second-order valence-electron chi connectivity index (χ2n) is 12.2. The Bertz CT molecular complexity index is 1640. The van der Waals surface area contributed by atoms with Crippen LogP contribution in [0.5, 0.6) is 17.2 Å². The zero-order valence-electron chi connectivity index (χ0n) is 28.8. The van der Waals surface area contributed by atoms with E-state index in [0.29, 0.717) is 54.9 Å². The van der Waals surface area contributed by atoms with Gasteiger partial charge >= 0.3 is 0 Å². The molecule has 0 bridgehead atoms. The van der Waals surface area contributed by atoms with Crippen LogP contribution < -0.4 is 14.2 Å². The number of likely N-dealkylation sites (N-methyl/N-ethyl adjacent to an activating group) is 1. The molecule has 1 saturated heterocycles. The van der Waals surface area contributed by atoms with Crippen molar-refractivity contribution < 1.29 is 28.5 Å². The number of methoxy groups -OCH3 is 3. The maximum atomic E-state index is 13.8. The zero-order chi connectivity index (χ0) is 34.0. The number of hydrogen-bond donors (Lipinski definition) is 0. The number of Topliss-reactive ketones (excluding diaryl/α,β-unsaturated/α-hetero) is 1. The molecule has 1 aliphatic heterocycles. The van der Waals surface area contributed by atoms with Crippen molar-refractivity contribution in [1.29, 1.82) is 0 Å². The molecule has 5 rings (SSSR count). The molecular formula is C38H48N4O6. The summed E-state index contributed by atoms with van der Waals surface area (Å²) in [5.41, 5.74) is 3.48. The monoisotopic (exact) mass is 656 g/mol. The molecule has 1 unspecified atom stereocenters. The van der Waals surface area contributed by atoms with Crippen LogP contribution in [0.2, 0.25) is 0 Å². The fourth-order valence-electron chi connectivity index (χ4n) is 6.66. The number of carbonyl (C=O) groups is 2. The lowest BCUT2D eigenvalue weighted by Gasteiger charge is -2.33. The Labute approximate surface area is 283 Å². The lowest BCUT2D eigenvalue weighted by atomic mass is 9.90. The molecule has 0 saturated carbocycles. The van der Waals surface area contributed by atoms with Gasteiger partial charge in [0.15, 0.2) is 17.3 Å². The lowest BCUT2D eigenvalue weighted by molar-refractivity contribution is 0.0778. The third-order valence-corrected chi connectivity index (χ3v) is 9.31. The number of likely N-dealkylation sites (tertiary alicyclic amines) is 1. The van der Waals surface area contributed by atoms with E-state index in [4.69, 9.17) is 23.9 Å². The second kappa shape index (κ2) is 16.6. The van der Waals surface area contributed by atoms with E-state index in [9.17, 15) is 9.59 Å². The van der Waals surface area contributed by atoms with Gasteiger partial charge in [-0.05, 0) is 75.6 Å². The van der Waals surface area contributed by atoms with Crippen molar-refractivity contribution in [2.45, 2.75) is 38.6 Å². The molecule has 256 valence electrons. The minimum Gasteiger partial charge on any atom is -0.493 e. The number of imidazole rings is 1. The fraction of sp³-hybridized carbons (Fsp3) is 0.447. The number of piperidine rings is 1. The Balaban J connectivity index is 1.22. The molecule has 1 aromatic heterocycles. The SMILES string of the molecule is CCOCCn1c(C(=O)C2CCN(CCC(CN(C)C(=O)c3cc(OC)c(OC)c(OC)c3)c3ccccc3)CC2)nc2ccccc21. The third-order valence-electron chi connectivity index (χ3n) is 9.31. The smallest absolute Gasteiger partial charge is 0.253 e. The Morgan fingerprint density at radius 3 is 2.23 bits per heavy atom. The van der Waals surface area contributed by atoms with Gasteiger partial charge in [0.25, 0.3) is 5.91 Å². The van der Waals surface area contributed by atoms with Gasteiger partial charge in [-0.2, -0.15) is 0 Å². The predicted molar refractivity (Wildman–Crippen MR) is 187 cm³/mol. The molecule has 3 aromatic carbocycles. The second-order valence-corrected chi connectivity index (χ2v) is 12.2. The highest BCUT2D eigenvalue weighted by Crippen LogP contribution is 2.38. The highest BCUT2D eigenvalue weighted by Gasteiger charge is 2.30. The number of aromatic nitrogens is 2. The molecule has 2 heterocycles. The standard InChI is InChI=1S/C38H48N4O6/c1-6-48-23-22-42-32-15-11-10-14-31(32)39-37(42)35(43)28-16-19-41(20-17-28)21-18-29(27-12-8-7-9-13-27)26-40(2)38(44)30-24-33(45-3)36(47-5)34(25-30)46-4/h7-15,24-25,28-29H,6,16-23,26H2,1-5H3. The van der Waals surface area contributed by atoms with E-state index in [1.165, 1.54) is 5.56 Å². The van der Waals surface area contributed by atoms with Crippen molar-refractivity contribution >= 4 is 22.7 Å². The van der Waals surface area contributed by atoms with E-state index in [1.54, 1.807) is 38.4 Å². The summed E-state index contributed by atoms with van der Waals surface area (Å²) in [7, 11) is 6.46. The van der Waals surface area contributed by atoms with Gasteiger partial charge in [-0.1, -0.05) is 42.5 Å². The van der Waals surface area contributed by atoms with E-state index in [1.807, 2.05) is 61.0 Å². The molecule has 48 heavy (non-hydrogen) atoms. The van der Waals surface area contributed by atoms with Gasteiger partial charge in [0.2, 0.25) is 11.5 Å². The number of carbonyl (C=O) groups excluding carboxylic acids is 2. The third kappa shape index (κ3) is 7.99. The molecule has 1 fully saturated rings. The van der Waals surface area contributed by atoms with Gasteiger partial charge in [0.05, 0.1) is 39.0 Å². The van der Waals surface area contributed by atoms with Gasteiger partial charge in [-0.3, -0.25) is 9.59 Å². The first kappa shape index (κ1) is 34.9. The van der Waals surface area contributed by atoms with Crippen molar-refractivity contribution in [3.05, 3.63) is 83.7 Å². The molecule has 10 nitrogen and oxygen atoms in total. The Morgan fingerprint density at radius 2 is 1.58 bits per heavy atom. The molecule has 1 atom stereocenters. The summed E-state index contributed by atoms with van der Waals surface area (Å²) in [5.74, 6) is 1.95. The molecule has 1 amide bonds. The summed E-state index contributed by atoms with van der Waals surface area (Å²) < 4.78 is 24.0. The van der Waals surface area contributed by atoms with E-state index in [-0.39, 0.29) is 23.5 Å². The van der Waals surface area contributed by atoms with Crippen LogP contribution in [-0.4, -0.2) is 98.8 Å². The van der Waals surface area contributed by atoms with E-state index in [0.717, 1.165) is 49.9 Å². The molecule has 10 heteroatoms. The number of hydrogen-bond acceptors (Lipinski definition) is 8. The highest BCUT2D eigenvalue weighted by atomic mass is 16.5. The Morgan fingerprint density at radius 1 is 0.917 bits per heavy atom. The van der Waals surface area contributed by atoms with Crippen LogP contribution in [0, 0.1) is 5.92 Å². The van der Waals surface area contributed by atoms with Gasteiger partial charge in [-0.25, -0.2) is 4.98 Å². The number of rotatable bonds is 16. The number of nitrogens with zero attached hydrogens (tertiary/aromatic N) is 4. The molecule has 0 spiro atoms. The quantitative estimate of drug-likeness (QED) is 0.108.